The van der Waals surface area contributed by atoms with Gasteiger partial charge < -0.3 is 5.11 Å². The highest BCUT2D eigenvalue weighted by Crippen LogP contribution is 2.44. The van der Waals surface area contributed by atoms with Crippen LogP contribution in [-0.2, 0) is 4.79 Å². The van der Waals surface area contributed by atoms with Crippen molar-refractivity contribution in [3.05, 3.63) is 0 Å². The zero-order valence-corrected chi connectivity index (χ0v) is 8.84. The molecule has 1 aliphatic rings. The fourth-order valence-corrected chi connectivity index (χ4v) is 2.89. The Balaban J connectivity index is 2.80. The van der Waals surface area contributed by atoms with E-state index in [4.69, 9.17) is 0 Å². The number of carboxylic acid groups (broad SMARTS) is 1. The molecule has 13 heavy (non-hydrogen) atoms. The van der Waals surface area contributed by atoms with E-state index in [2.05, 4.69) is 13.8 Å². The van der Waals surface area contributed by atoms with E-state index in [1.165, 1.54) is 6.42 Å². The van der Waals surface area contributed by atoms with Gasteiger partial charge in [-0.05, 0) is 37.5 Å². The lowest BCUT2D eigenvalue weighted by molar-refractivity contribution is -0.153. The average molecular weight is 184 g/mol. The first-order chi connectivity index (χ1) is 6.00. The van der Waals surface area contributed by atoms with Crippen LogP contribution < -0.4 is 0 Å². The van der Waals surface area contributed by atoms with Gasteiger partial charge in [0.25, 0.3) is 0 Å². The minimum absolute atomic E-state index is 0.420. The van der Waals surface area contributed by atoms with Gasteiger partial charge in [0.1, 0.15) is 0 Å². The molecule has 0 amide bonds. The summed E-state index contributed by atoms with van der Waals surface area (Å²) in [6.07, 6.45) is 3.69. The van der Waals surface area contributed by atoms with Gasteiger partial charge in [0, 0.05) is 0 Å². The Bertz CT molecular complexity index is 188. The molecule has 0 aromatic carbocycles. The van der Waals surface area contributed by atoms with Gasteiger partial charge >= 0.3 is 5.97 Å². The highest BCUT2D eigenvalue weighted by Gasteiger charge is 2.42. The van der Waals surface area contributed by atoms with Crippen molar-refractivity contribution in [1.29, 1.82) is 0 Å². The molecule has 2 atom stereocenters. The number of hydrogen-bond acceptors (Lipinski definition) is 1. The Labute approximate surface area is 80.3 Å². The maximum absolute atomic E-state index is 11.2. The third-order valence-electron chi connectivity index (χ3n) is 3.41. The van der Waals surface area contributed by atoms with E-state index in [9.17, 15) is 9.90 Å². The predicted octanol–water partition coefficient (Wildman–Crippen LogP) is 2.92. The van der Waals surface area contributed by atoms with Gasteiger partial charge in [-0.2, -0.15) is 0 Å². The Morgan fingerprint density at radius 2 is 1.85 bits per heavy atom. The fourth-order valence-electron chi connectivity index (χ4n) is 2.89. The number of rotatable bonds is 2. The van der Waals surface area contributed by atoms with Gasteiger partial charge in [0.05, 0.1) is 5.41 Å². The van der Waals surface area contributed by atoms with Crippen LogP contribution in [-0.4, -0.2) is 11.1 Å². The van der Waals surface area contributed by atoms with Gasteiger partial charge in [-0.25, -0.2) is 0 Å². The second-order valence-corrected chi connectivity index (χ2v) is 4.79. The van der Waals surface area contributed by atoms with Crippen molar-refractivity contribution >= 4 is 5.97 Å². The van der Waals surface area contributed by atoms with E-state index in [0.29, 0.717) is 11.8 Å². The summed E-state index contributed by atoms with van der Waals surface area (Å²) < 4.78 is 0. The van der Waals surface area contributed by atoms with Crippen LogP contribution in [0.25, 0.3) is 0 Å². The highest BCUT2D eigenvalue weighted by atomic mass is 16.4. The lowest BCUT2D eigenvalue weighted by atomic mass is 9.65. The quantitative estimate of drug-likeness (QED) is 0.716. The van der Waals surface area contributed by atoms with Gasteiger partial charge in [-0.1, -0.05) is 20.8 Å². The Hall–Kier alpha value is -0.530. The first kappa shape index (κ1) is 10.6. The molecule has 0 spiro atoms. The summed E-state index contributed by atoms with van der Waals surface area (Å²) in [5.41, 5.74) is -0.420. The lowest BCUT2D eigenvalue weighted by Crippen LogP contribution is -2.38. The SMILES string of the molecule is CCC1(C(=O)O)CC(C)CC(C)C1. The van der Waals surface area contributed by atoms with Crippen molar-refractivity contribution < 1.29 is 9.90 Å². The third kappa shape index (κ3) is 2.04. The summed E-state index contributed by atoms with van der Waals surface area (Å²) in [5, 5.41) is 9.22. The fraction of sp³-hybridized carbons (Fsp3) is 0.909. The summed E-state index contributed by atoms with van der Waals surface area (Å²) in [7, 11) is 0. The average Bonchev–Trinajstić information content (AvgIpc) is 2.02. The van der Waals surface area contributed by atoms with Crippen LogP contribution in [0.2, 0.25) is 0 Å². The Morgan fingerprint density at radius 3 is 2.15 bits per heavy atom. The molecule has 1 rings (SSSR count). The number of hydrogen-bond donors (Lipinski definition) is 1. The standard InChI is InChI=1S/C11H20O2/c1-4-11(10(12)13)6-8(2)5-9(3)7-11/h8-9H,4-7H2,1-3H3,(H,12,13). The second-order valence-electron chi connectivity index (χ2n) is 4.79. The monoisotopic (exact) mass is 184 g/mol. The molecule has 76 valence electrons. The molecule has 0 aliphatic heterocycles. The molecule has 1 fully saturated rings. The molecule has 2 nitrogen and oxygen atoms in total. The summed E-state index contributed by atoms with van der Waals surface area (Å²) in [4.78, 5) is 11.2. The Kier molecular flexibility index (Phi) is 2.99. The molecule has 0 saturated heterocycles. The van der Waals surface area contributed by atoms with E-state index < -0.39 is 11.4 Å². The number of carboxylic acids is 1. The van der Waals surface area contributed by atoms with Crippen molar-refractivity contribution in [2.45, 2.75) is 46.5 Å². The number of aliphatic carboxylic acids is 1. The van der Waals surface area contributed by atoms with E-state index >= 15 is 0 Å². The van der Waals surface area contributed by atoms with Crippen LogP contribution in [0.5, 0.6) is 0 Å². The molecule has 0 radical (unpaired) electrons. The summed E-state index contributed by atoms with van der Waals surface area (Å²) in [6, 6.07) is 0. The van der Waals surface area contributed by atoms with Crippen LogP contribution in [0.15, 0.2) is 0 Å². The van der Waals surface area contributed by atoms with E-state index in [1.54, 1.807) is 0 Å². The van der Waals surface area contributed by atoms with Crippen molar-refractivity contribution in [1.82, 2.24) is 0 Å². The molecule has 0 aromatic heterocycles. The first-order valence-corrected chi connectivity index (χ1v) is 5.23. The zero-order chi connectivity index (χ0) is 10.1. The normalized spacial score (nSPS) is 40.2. The number of carbonyl (C=O) groups is 1. The van der Waals surface area contributed by atoms with Crippen LogP contribution in [0.3, 0.4) is 0 Å². The van der Waals surface area contributed by atoms with Gasteiger partial charge in [0.2, 0.25) is 0 Å². The molecule has 2 heteroatoms. The molecule has 1 aliphatic carbocycles. The van der Waals surface area contributed by atoms with Crippen LogP contribution in [0.1, 0.15) is 46.5 Å². The minimum Gasteiger partial charge on any atom is -0.481 e. The highest BCUT2D eigenvalue weighted by molar-refractivity contribution is 5.74. The molecule has 0 aromatic rings. The molecule has 1 saturated carbocycles. The second kappa shape index (κ2) is 3.69. The van der Waals surface area contributed by atoms with E-state index in [0.717, 1.165) is 19.3 Å². The minimum atomic E-state index is -0.589. The van der Waals surface area contributed by atoms with Crippen molar-refractivity contribution in [2.24, 2.45) is 17.3 Å². The first-order valence-electron chi connectivity index (χ1n) is 5.23. The largest absolute Gasteiger partial charge is 0.481 e. The van der Waals surface area contributed by atoms with Crippen LogP contribution in [0.4, 0.5) is 0 Å². The van der Waals surface area contributed by atoms with Crippen molar-refractivity contribution in [2.75, 3.05) is 0 Å². The van der Waals surface area contributed by atoms with E-state index in [-0.39, 0.29) is 0 Å². The van der Waals surface area contributed by atoms with Gasteiger partial charge in [0.15, 0.2) is 0 Å². The Morgan fingerprint density at radius 1 is 1.38 bits per heavy atom. The van der Waals surface area contributed by atoms with Crippen molar-refractivity contribution in [3.8, 4) is 0 Å². The zero-order valence-electron chi connectivity index (χ0n) is 8.84. The molecule has 2 unspecified atom stereocenters. The predicted molar refractivity (Wildman–Crippen MR) is 52.5 cm³/mol. The van der Waals surface area contributed by atoms with Crippen LogP contribution in [0, 0.1) is 17.3 Å². The molecule has 0 heterocycles. The maximum atomic E-state index is 11.2. The summed E-state index contributed by atoms with van der Waals surface area (Å²) in [5.74, 6) is 0.549. The molecule has 1 N–H and O–H groups in total. The van der Waals surface area contributed by atoms with Crippen LogP contribution >= 0.6 is 0 Å². The van der Waals surface area contributed by atoms with Gasteiger partial charge in [-0.15, -0.1) is 0 Å². The smallest absolute Gasteiger partial charge is 0.309 e. The molecular formula is C11H20O2. The lowest BCUT2D eigenvalue weighted by Gasteiger charge is -2.39. The van der Waals surface area contributed by atoms with Gasteiger partial charge in [-0.3, -0.25) is 4.79 Å². The summed E-state index contributed by atoms with van der Waals surface area (Å²) >= 11 is 0. The third-order valence-corrected chi connectivity index (χ3v) is 3.41. The molecule has 0 bridgehead atoms. The topological polar surface area (TPSA) is 37.3 Å². The summed E-state index contributed by atoms with van der Waals surface area (Å²) in [6.45, 7) is 6.34. The molecular weight excluding hydrogens is 164 g/mol. The van der Waals surface area contributed by atoms with Crippen molar-refractivity contribution in [3.63, 3.8) is 0 Å². The maximum Gasteiger partial charge on any atom is 0.309 e. The van der Waals surface area contributed by atoms with E-state index in [1.807, 2.05) is 6.92 Å².